The van der Waals surface area contributed by atoms with Gasteiger partial charge in [-0.3, -0.25) is 10.2 Å². The van der Waals surface area contributed by atoms with Gasteiger partial charge < -0.3 is 20.5 Å². The second-order valence-electron chi connectivity index (χ2n) is 8.89. The van der Waals surface area contributed by atoms with Crippen molar-refractivity contribution in [2.75, 3.05) is 19.7 Å². The Morgan fingerprint density at radius 3 is 2.68 bits per heavy atom. The molecule has 3 rings (SSSR count). The lowest BCUT2D eigenvalue weighted by Crippen LogP contribution is -2.30. The van der Waals surface area contributed by atoms with Crippen LogP contribution in [0.5, 0.6) is 11.5 Å². The molecule has 0 unspecified atom stereocenters. The number of halogens is 1. The van der Waals surface area contributed by atoms with Gasteiger partial charge in [0.1, 0.15) is 11.7 Å². The van der Waals surface area contributed by atoms with E-state index >= 15 is 0 Å². The zero-order chi connectivity index (χ0) is 22.8. The van der Waals surface area contributed by atoms with E-state index in [9.17, 15) is 14.3 Å². The number of aromatic hydroxyl groups is 1. The third-order valence-corrected chi connectivity index (χ3v) is 5.40. The number of rotatable bonds is 8. The first-order valence-corrected chi connectivity index (χ1v) is 10.5. The molecule has 1 heterocycles. The summed E-state index contributed by atoms with van der Waals surface area (Å²) >= 11 is 0. The number of carbonyl (C=O) groups excluding carboxylic acids is 1. The molecule has 4 N–H and O–H groups in total. The summed E-state index contributed by atoms with van der Waals surface area (Å²) < 4.78 is 19.3. The van der Waals surface area contributed by atoms with Crippen LogP contribution in [0.25, 0.3) is 0 Å². The van der Waals surface area contributed by atoms with E-state index in [1.165, 1.54) is 12.1 Å². The minimum Gasteiger partial charge on any atom is -0.504 e. The quantitative estimate of drug-likeness (QED) is 0.437. The lowest BCUT2D eigenvalue weighted by atomic mass is 9.84. The first-order chi connectivity index (χ1) is 14.6. The van der Waals surface area contributed by atoms with E-state index in [2.05, 4.69) is 0 Å². The molecule has 0 atom stereocenters. The molecule has 0 aliphatic carbocycles. The van der Waals surface area contributed by atoms with Crippen LogP contribution in [0.1, 0.15) is 60.7 Å². The van der Waals surface area contributed by atoms with Crippen LogP contribution in [-0.4, -0.2) is 41.3 Å². The smallest absolute Gasteiger partial charge is 0.182 e. The molecule has 0 amide bonds. The molecule has 2 aromatic rings. The Morgan fingerprint density at radius 1 is 1.26 bits per heavy atom. The molecule has 0 aromatic heterocycles. The van der Waals surface area contributed by atoms with Crippen LogP contribution < -0.4 is 10.5 Å². The Hall–Kier alpha value is -2.93. The lowest BCUT2D eigenvalue weighted by Gasteiger charge is -2.24. The van der Waals surface area contributed by atoms with E-state index in [-0.39, 0.29) is 29.7 Å². The molecule has 0 saturated heterocycles. The molecular formula is C24H30FN3O3. The third kappa shape index (κ3) is 5.05. The molecule has 7 heteroatoms. The van der Waals surface area contributed by atoms with Crippen molar-refractivity contribution in [3.63, 3.8) is 0 Å². The molecule has 31 heavy (non-hydrogen) atoms. The highest BCUT2D eigenvalue weighted by molar-refractivity contribution is 6.05. The molecule has 0 radical (unpaired) electrons. The van der Waals surface area contributed by atoms with Crippen molar-refractivity contribution in [2.24, 2.45) is 5.73 Å². The van der Waals surface area contributed by atoms with Crippen LogP contribution in [0.3, 0.4) is 0 Å². The molecule has 6 nitrogen and oxygen atoms in total. The second kappa shape index (κ2) is 9.06. The van der Waals surface area contributed by atoms with Crippen LogP contribution in [0.4, 0.5) is 4.39 Å². The van der Waals surface area contributed by atoms with Crippen molar-refractivity contribution < 1.29 is 19.0 Å². The van der Waals surface area contributed by atoms with Crippen molar-refractivity contribution in [3.8, 4) is 11.5 Å². The summed E-state index contributed by atoms with van der Waals surface area (Å²) in [4.78, 5) is 14.7. The van der Waals surface area contributed by atoms with Gasteiger partial charge in [-0.15, -0.1) is 0 Å². The topological polar surface area (TPSA) is 99.6 Å². The molecule has 0 fully saturated rings. The molecular weight excluding hydrogens is 397 g/mol. The average molecular weight is 428 g/mol. The highest BCUT2D eigenvalue weighted by atomic mass is 19.1. The number of ketones is 1. The molecule has 166 valence electrons. The van der Waals surface area contributed by atoms with E-state index in [0.29, 0.717) is 36.4 Å². The number of phenols is 1. The summed E-state index contributed by atoms with van der Waals surface area (Å²) in [5.74, 6) is -0.157. The van der Waals surface area contributed by atoms with Crippen molar-refractivity contribution in [1.82, 2.24) is 4.90 Å². The lowest BCUT2D eigenvalue weighted by molar-refractivity contribution is 0.0962. The Balaban J connectivity index is 1.84. The highest BCUT2D eigenvalue weighted by Gasteiger charge is 2.28. The monoisotopic (exact) mass is 427 g/mol. The number of Topliss-reactive ketones (excluding diaryl/α,β-unsaturated/α-hetero) is 1. The van der Waals surface area contributed by atoms with E-state index in [4.69, 9.17) is 15.9 Å². The van der Waals surface area contributed by atoms with Gasteiger partial charge >= 0.3 is 0 Å². The number of phenolic OH excluding ortho intramolecular Hbond substituents is 1. The predicted octanol–water partition coefficient (Wildman–Crippen LogP) is 3.97. The van der Waals surface area contributed by atoms with E-state index < -0.39 is 11.2 Å². The zero-order valence-corrected chi connectivity index (χ0v) is 18.3. The van der Waals surface area contributed by atoms with Gasteiger partial charge in [-0.2, -0.15) is 0 Å². The molecule has 2 aromatic carbocycles. The van der Waals surface area contributed by atoms with Gasteiger partial charge in [-0.1, -0.05) is 26.8 Å². The number of nitrogens with two attached hydrogens (primary N) is 1. The minimum absolute atomic E-state index is 0.0178. The number of carbonyl (C=O) groups is 1. The van der Waals surface area contributed by atoms with Gasteiger partial charge in [0.2, 0.25) is 0 Å². The van der Waals surface area contributed by atoms with Gasteiger partial charge in [0.05, 0.1) is 13.2 Å². The maximum Gasteiger partial charge on any atom is 0.182 e. The number of benzene rings is 2. The summed E-state index contributed by atoms with van der Waals surface area (Å²) in [5.41, 5.74) is 7.48. The number of nitrogens with one attached hydrogen (secondary N) is 1. The Morgan fingerprint density at radius 2 is 2.00 bits per heavy atom. The Labute approximate surface area is 182 Å². The Kier molecular flexibility index (Phi) is 6.65. The standard InChI is InChI=1S/C24H30FN3O3/c1-24(2,3)19-10-16(11-21(22(19)30)31-9-5-4-8-26)20(29)14-28-13-15-6-7-17(25)12-18(15)23(28)27/h6-7,10-12,27,30H,4-5,8-9,13-14,26H2,1-3H3. The number of fused-ring (bicyclic) bond motifs is 1. The normalized spacial score (nSPS) is 13.5. The van der Waals surface area contributed by atoms with Crippen molar-refractivity contribution in [1.29, 1.82) is 5.41 Å². The second-order valence-corrected chi connectivity index (χ2v) is 8.89. The first kappa shape index (κ1) is 22.7. The number of ether oxygens (including phenoxy) is 1. The van der Waals surface area contributed by atoms with Crippen molar-refractivity contribution in [3.05, 3.63) is 58.4 Å². The average Bonchev–Trinajstić information content (AvgIpc) is 3.00. The minimum atomic E-state index is -0.401. The maximum absolute atomic E-state index is 13.6. The molecule has 0 bridgehead atoms. The van der Waals surface area contributed by atoms with E-state index in [1.54, 1.807) is 23.1 Å². The van der Waals surface area contributed by atoms with Crippen LogP contribution in [0.2, 0.25) is 0 Å². The molecule has 1 aliphatic rings. The fourth-order valence-corrected chi connectivity index (χ4v) is 3.64. The third-order valence-electron chi connectivity index (χ3n) is 5.40. The number of amidine groups is 1. The van der Waals surface area contributed by atoms with Crippen LogP contribution >= 0.6 is 0 Å². The van der Waals surface area contributed by atoms with Gasteiger partial charge in [0.15, 0.2) is 17.3 Å². The summed E-state index contributed by atoms with van der Waals surface area (Å²) in [6, 6.07) is 7.59. The zero-order valence-electron chi connectivity index (χ0n) is 18.3. The van der Waals surface area contributed by atoms with Crippen molar-refractivity contribution in [2.45, 2.75) is 45.6 Å². The van der Waals surface area contributed by atoms with Gasteiger partial charge in [-0.25, -0.2) is 4.39 Å². The first-order valence-electron chi connectivity index (χ1n) is 10.5. The van der Waals surface area contributed by atoms with Gasteiger partial charge in [0.25, 0.3) is 0 Å². The Bertz CT molecular complexity index is 998. The number of hydrogen-bond acceptors (Lipinski definition) is 5. The van der Waals surface area contributed by atoms with Crippen LogP contribution in [0.15, 0.2) is 30.3 Å². The predicted molar refractivity (Wildman–Crippen MR) is 119 cm³/mol. The fraction of sp³-hybridized carbons (Fsp3) is 0.417. The molecule has 0 saturated carbocycles. The van der Waals surface area contributed by atoms with Crippen LogP contribution in [0, 0.1) is 11.2 Å². The molecule has 1 aliphatic heterocycles. The molecule has 0 spiro atoms. The van der Waals surface area contributed by atoms with E-state index in [1.807, 2.05) is 20.8 Å². The summed E-state index contributed by atoms with van der Waals surface area (Å²) in [6.07, 6.45) is 1.56. The maximum atomic E-state index is 13.6. The highest BCUT2D eigenvalue weighted by Crippen LogP contribution is 2.39. The van der Waals surface area contributed by atoms with Gasteiger partial charge in [-0.05, 0) is 54.6 Å². The summed E-state index contributed by atoms with van der Waals surface area (Å²) in [7, 11) is 0. The summed E-state index contributed by atoms with van der Waals surface area (Å²) in [5, 5.41) is 19.0. The number of unbranched alkanes of at least 4 members (excludes halogenated alkanes) is 1. The number of nitrogens with zero attached hydrogens (tertiary/aromatic N) is 1. The van der Waals surface area contributed by atoms with Crippen LogP contribution in [-0.2, 0) is 12.0 Å². The fourth-order valence-electron chi connectivity index (χ4n) is 3.64. The largest absolute Gasteiger partial charge is 0.504 e. The van der Waals surface area contributed by atoms with Crippen molar-refractivity contribution >= 4 is 11.6 Å². The van der Waals surface area contributed by atoms with Gasteiger partial charge in [0, 0.05) is 23.2 Å². The van der Waals surface area contributed by atoms with E-state index in [0.717, 1.165) is 18.4 Å². The summed E-state index contributed by atoms with van der Waals surface area (Å²) in [6.45, 7) is 7.18. The number of hydrogen-bond donors (Lipinski definition) is 3. The SMILES string of the molecule is CC(C)(C)c1cc(C(=O)CN2Cc3ccc(F)cc3C2=N)cc(OCCCCN)c1O.